The van der Waals surface area contributed by atoms with E-state index in [1.165, 1.54) is 37.3 Å². The topological polar surface area (TPSA) is 114 Å². The van der Waals surface area contributed by atoms with Gasteiger partial charge in [0, 0.05) is 23.1 Å². The summed E-state index contributed by atoms with van der Waals surface area (Å²) in [7, 11) is -1.45. The van der Waals surface area contributed by atoms with Crippen molar-refractivity contribution < 1.29 is 32.2 Å². The Bertz CT molecular complexity index is 1520. The lowest BCUT2D eigenvalue weighted by molar-refractivity contribution is -0.139. The zero-order chi connectivity index (χ0) is 32.4. The molecule has 0 aromatic heterocycles. The summed E-state index contributed by atoms with van der Waals surface area (Å²) in [5.41, 5.74) is 1.02. The standard InChI is InChI=1S/C32H40BrN3O7S/c1-7-22(3)34-32(38)23(4)35(20-24-9-11-25(33)12-10-24)31(37)21-36(26-13-15-27(16-14-26)43-8-2)44(39,40)28-17-18-29(41-5)30(19-28)42-6/h9-19,22-23H,7-8,20-21H2,1-6H3,(H,34,38)/t22-,23-/m1/s1. The van der Waals surface area contributed by atoms with Gasteiger partial charge in [0.1, 0.15) is 18.3 Å². The second-order valence-corrected chi connectivity index (χ2v) is 12.9. The number of methoxy groups -OCH3 is 2. The maximum absolute atomic E-state index is 14.2. The fourth-order valence-corrected chi connectivity index (χ4v) is 6.04. The predicted molar refractivity (Wildman–Crippen MR) is 174 cm³/mol. The first-order chi connectivity index (χ1) is 20.9. The Morgan fingerprint density at radius 3 is 2.11 bits per heavy atom. The van der Waals surface area contributed by atoms with Gasteiger partial charge in [-0.15, -0.1) is 0 Å². The number of carbonyl (C=O) groups excluding carboxylic acids is 2. The van der Waals surface area contributed by atoms with Crippen molar-refractivity contribution in [1.82, 2.24) is 10.2 Å². The molecular formula is C32H40BrN3O7S. The number of hydrogen-bond acceptors (Lipinski definition) is 7. The fourth-order valence-electron chi connectivity index (χ4n) is 4.34. The second kappa shape index (κ2) is 15.8. The Labute approximate surface area is 268 Å². The molecule has 0 unspecified atom stereocenters. The largest absolute Gasteiger partial charge is 0.494 e. The van der Waals surface area contributed by atoms with Gasteiger partial charge in [-0.1, -0.05) is 35.0 Å². The number of benzene rings is 3. The molecule has 0 saturated heterocycles. The summed E-state index contributed by atoms with van der Waals surface area (Å²) in [5, 5.41) is 2.93. The van der Waals surface area contributed by atoms with Gasteiger partial charge in [-0.25, -0.2) is 8.42 Å². The van der Waals surface area contributed by atoms with E-state index in [9.17, 15) is 18.0 Å². The van der Waals surface area contributed by atoms with Crippen LogP contribution in [0.15, 0.2) is 76.1 Å². The molecule has 238 valence electrons. The van der Waals surface area contributed by atoms with Gasteiger partial charge in [0.25, 0.3) is 10.0 Å². The highest BCUT2D eigenvalue weighted by Gasteiger charge is 2.33. The van der Waals surface area contributed by atoms with Gasteiger partial charge in [0.2, 0.25) is 11.8 Å². The molecule has 2 atom stereocenters. The number of amides is 2. The summed E-state index contributed by atoms with van der Waals surface area (Å²) in [5.74, 6) is 0.242. The summed E-state index contributed by atoms with van der Waals surface area (Å²) in [6.45, 7) is 7.28. The van der Waals surface area contributed by atoms with E-state index >= 15 is 0 Å². The van der Waals surface area contributed by atoms with Crippen LogP contribution in [0.2, 0.25) is 0 Å². The average Bonchev–Trinajstić information content (AvgIpc) is 3.02. The van der Waals surface area contributed by atoms with Crippen molar-refractivity contribution in [1.29, 1.82) is 0 Å². The van der Waals surface area contributed by atoms with Crippen LogP contribution < -0.4 is 23.8 Å². The van der Waals surface area contributed by atoms with E-state index in [0.29, 0.717) is 24.5 Å². The molecule has 0 spiro atoms. The number of ether oxygens (including phenoxy) is 3. The van der Waals surface area contributed by atoms with Crippen molar-refractivity contribution in [3.63, 3.8) is 0 Å². The van der Waals surface area contributed by atoms with E-state index in [2.05, 4.69) is 21.2 Å². The van der Waals surface area contributed by atoms with Gasteiger partial charge in [-0.3, -0.25) is 13.9 Å². The monoisotopic (exact) mass is 689 g/mol. The zero-order valence-corrected chi connectivity index (χ0v) is 28.3. The van der Waals surface area contributed by atoms with Crippen molar-refractivity contribution in [3.05, 3.63) is 76.8 Å². The van der Waals surface area contributed by atoms with E-state index < -0.39 is 28.5 Å². The number of sulfonamides is 1. The normalized spacial score (nSPS) is 12.5. The summed E-state index contributed by atoms with van der Waals surface area (Å²) in [6, 6.07) is 17.1. The Kier molecular flexibility index (Phi) is 12.5. The number of anilines is 1. The van der Waals surface area contributed by atoms with Gasteiger partial charge in [0.15, 0.2) is 11.5 Å². The molecule has 0 heterocycles. The number of carbonyl (C=O) groups is 2. The molecule has 3 rings (SSSR count). The van der Waals surface area contributed by atoms with E-state index in [0.717, 1.165) is 14.3 Å². The molecule has 3 aromatic carbocycles. The first-order valence-corrected chi connectivity index (χ1v) is 16.5. The number of nitrogens with one attached hydrogen (secondary N) is 1. The molecule has 10 nitrogen and oxygen atoms in total. The molecule has 0 aliphatic heterocycles. The first-order valence-electron chi connectivity index (χ1n) is 14.3. The molecule has 0 aliphatic rings. The van der Waals surface area contributed by atoms with Gasteiger partial charge in [0.05, 0.1) is 31.4 Å². The molecular weight excluding hydrogens is 650 g/mol. The van der Waals surface area contributed by atoms with Crippen LogP contribution in [-0.2, 0) is 26.2 Å². The molecule has 0 saturated carbocycles. The maximum atomic E-state index is 14.2. The second-order valence-electron chi connectivity index (χ2n) is 10.1. The van der Waals surface area contributed by atoms with Crippen LogP contribution in [0.4, 0.5) is 5.69 Å². The van der Waals surface area contributed by atoms with Crippen LogP contribution in [0.25, 0.3) is 0 Å². The van der Waals surface area contributed by atoms with Crippen LogP contribution in [0.1, 0.15) is 39.7 Å². The van der Waals surface area contributed by atoms with Crippen molar-refractivity contribution in [2.24, 2.45) is 0 Å². The molecule has 0 fully saturated rings. The maximum Gasteiger partial charge on any atom is 0.264 e. The van der Waals surface area contributed by atoms with E-state index in [-0.39, 0.29) is 34.8 Å². The minimum Gasteiger partial charge on any atom is -0.494 e. The van der Waals surface area contributed by atoms with Gasteiger partial charge in [-0.2, -0.15) is 0 Å². The lowest BCUT2D eigenvalue weighted by Crippen LogP contribution is -2.52. The van der Waals surface area contributed by atoms with E-state index in [1.54, 1.807) is 31.2 Å². The van der Waals surface area contributed by atoms with Gasteiger partial charge < -0.3 is 24.4 Å². The van der Waals surface area contributed by atoms with Crippen LogP contribution in [0.3, 0.4) is 0 Å². The minimum atomic E-state index is -4.31. The molecule has 0 radical (unpaired) electrons. The quantitative estimate of drug-likeness (QED) is 0.228. The third kappa shape index (κ3) is 8.66. The van der Waals surface area contributed by atoms with Gasteiger partial charge in [-0.05, 0) is 81.3 Å². The van der Waals surface area contributed by atoms with Crippen molar-refractivity contribution in [2.75, 3.05) is 31.7 Å². The molecule has 12 heteroatoms. The van der Waals surface area contributed by atoms with Gasteiger partial charge >= 0.3 is 0 Å². The molecule has 44 heavy (non-hydrogen) atoms. The average molecular weight is 691 g/mol. The summed E-state index contributed by atoms with van der Waals surface area (Å²) < 4.78 is 46.4. The molecule has 1 N–H and O–H groups in total. The third-order valence-electron chi connectivity index (χ3n) is 7.09. The molecule has 0 aliphatic carbocycles. The lowest BCUT2D eigenvalue weighted by Gasteiger charge is -2.32. The van der Waals surface area contributed by atoms with Crippen molar-refractivity contribution >= 4 is 43.5 Å². The highest BCUT2D eigenvalue weighted by atomic mass is 79.9. The lowest BCUT2D eigenvalue weighted by atomic mass is 10.1. The summed E-state index contributed by atoms with van der Waals surface area (Å²) in [4.78, 5) is 28.7. The molecule has 3 aromatic rings. The number of nitrogens with zero attached hydrogens (tertiary/aromatic N) is 2. The van der Waals surface area contributed by atoms with Crippen molar-refractivity contribution in [2.45, 2.75) is 57.6 Å². The van der Waals surface area contributed by atoms with Crippen LogP contribution in [0.5, 0.6) is 17.2 Å². The highest BCUT2D eigenvalue weighted by molar-refractivity contribution is 9.10. The zero-order valence-electron chi connectivity index (χ0n) is 25.9. The summed E-state index contributed by atoms with van der Waals surface area (Å²) in [6.07, 6.45) is 0.716. The smallest absolute Gasteiger partial charge is 0.264 e. The van der Waals surface area contributed by atoms with Crippen LogP contribution >= 0.6 is 15.9 Å². The SMILES string of the molecule is CCOc1ccc(N(CC(=O)N(Cc2ccc(Br)cc2)[C@H](C)C(=O)N[C@H](C)CC)S(=O)(=O)c2ccc(OC)c(OC)c2)cc1. The Balaban J connectivity index is 2.07. The van der Waals surface area contributed by atoms with Crippen molar-refractivity contribution in [3.8, 4) is 17.2 Å². The predicted octanol–water partition coefficient (Wildman–Crippen LogP) is 5.39. The Morgan fingerprint density at radius 1 is 0.909 bits per heavy atom. The molecule has 0 bridgehead atoms. The van der Waals surface area contributed by atoms with Crippen LogP contribution in [-0.4, -0.2) is 64.6 Å². The fraction of sp³-hybridized carbons (Fsp3) is 0.375. The number of rotatable bonds is 15. The summed E-state index contributed by atoms with van der Waals surface area (Å²) >= 11 is 3.42. The number of halogens is 1. The first kappa shape index (κ1) is 34.7. The Hall–Kier alpha value is -3.77. The Morgan fingerprint density at radius 2 is 1.55 bits per heavy atom. The number of hydrogen-bond donors (Lipinski definition) is 1. The minimum absolute atomic E-state index is 0.0920. The van der Waals surface area contributed by atoms with E-state index in [4.69, 9.17) is 14.2 Å². The molecule has 2 amide bonds. The third-order valence-corrected chi connectivity index (χ3v) is 9.39. The van der Waals surface area contributed by atoms with E-state index in [1.807, 2.05) is 45.0 Å². The highest BCUT2D eigenvalue weighted by Crippen LogP contribution is 2.33. The van der Waals surface area contributed by atoms with Crippen LogP contribution in [0, 0.1) is 0 Å².